The van der Waals surface area contributed by atoms with Crippen molar-refractivity contribution in [2.24, 2.45) is 0 Å². The lowest BCUT2D eigenvalue weighted by Crippen LogP contribution is -2.20. The van der Waals surface area contributed by atoms with Gasteiger partial charge in [0.25, 0.3) is 0 Å². The first kappa shape index (κ1) is 14.5. The van der Waals surface area contributed by atoms with Crippen LogP contribution in [0.2, 0.25) is 0 Å². The molecule has 0 aromatic heterocycles. The van der Waals surface area contributed by atoms with Crippen LogP contribution in [0.5, 0.6) is 0 Å². The minimum atomic E-state index is -1.18. The third-order valence-corrected chi connectivity index (χ3v) is 3.30. The second-order valence-corrected chi connectivity index (χ2v) is 4.95. The van der Waals surface area contributed by atoms with Gasteiger partial charge in [-0.25, -0.2) is 13.6 Å². The van der Waals surface area contributed by atoms with Crippen molar-refractivity contribution in [3.05, 3.63) is 64.1 Å². The molecular formula is C14H10BrF2NO2. The quantitative estimate of drug-likeness (QED) is 0.884. The zero-order valence-electron chi connectivity index (χ0n) is 10.1. The first-order valence-electron chi connectivity index (χ1n) is 5.67. The van der Waals surface area contributed by atoms with E-state index in [1.807, 2.05) is 0 Å². The molecule has 1 unspecified atom stereocenters. The number of rotatable bonds is 4. The van der Waals surface area contributed by atoms with Gasteiger partial charge in [-0.15, -0.1) is 0 Å². The number of carbonyl (C=O) groups is 1. The van der Waals surface area contributed by atoms with Gasteiger partial charge < -0.3 is 10.4 Å². The maximum atomic E-state index is 13.5. The molecule has 1 atom stereocenters. The number of benzene rings is 2. The van der Waals surface area contributed by atoms with E-state index in [-0.39, 0.29) is 10.0 Å². The Morgan fingerprint density at radius 3 is 2.55 bits per heavy atom. The first-order valence-corrected chi connectivity index (χ1v) is 6.46. The van der Waals surface area contributed by atoms with Gasteiger partial charge in [0.2, 0.25) is 0 Å². The van der Waals surface area contributed by atoms with Gasteiger partial charge in [-0.3, -0.25) is 0 Å². The van der Waals surface area contributed by atoms with Crippen LogP contribution < -0.4 is 5.32 Å². The van der Waals surface area contributed by atoms with Crippen molar-refractivity contribution in [3.63, 3.8) is 0 Å². The van der Waals surface area contributed by atoms with E-state index < -0.39 is 23.6 Å². The molecule has 0 saturated heterocycles. The van der Waals surface area contributed by atoms with Gasteiger partial charge in [-0.1, -0.05) is 12.1 Å². The highest BCUT2D eigenvalue weighted by Gasteiger charge is 2.20. The van der Waals surface area contributed by atoms with Gasteiger partial charge in [-0.05, 0) is 51.8 Å². The van der Waals surface area contributed by atoms with Crippen molar-refractivity contribution in [1.82, 2.24) is 0 Å². The monoisotopic (exact) mass is 341 g/mol. The van der Waals surface area contributed by atoms with E-state index >= 15 is 0 Å². The maximum absolute atomic E-state index is 13.5. The van der Waals surface area contributed by atoms with Crippen LogP contribution in [0, 0.1) is 11.6 Å². The summed E-state index contributed by atoms with van der Waals surface area (Å²) in [5.74, 6) is -2.23. The van der Waals surface area contributed by atoms with Crippen LogP contribution in [0.25, 0.3) is 0 Å². The summed E-state index contributed by atoms with van der Waals surface area (Å²) in [5, 5.41) is 11.9. The van der Waals surface area contributed by atoms with Crippen LogP contribution in [-0.4, -0.2) is 11.1 Å². The molecule has 20 heavy (non-hydrogen) atoms. The molecule has 6 heteroatoms. The summed E-state index contributed by atoms with van der Waals surface area (Å²) >= 11 is 3.00. The number of nitrogens with one attached hydrogen (secondary N) is 1. The smallest absolute Gasteiger partial charge is 0.330 e. The van der Waals surface area contributed by atoms with Gasteiger partial charge in [-0.2, -0.15) is 0 Å². The van der Waals surface area contributed by atoms with E-state index in [9.17, 15) is 18.7 Å². The van der Waals surface area contributed by atoms with Gasteiger partial charge >= 0.3 is 5.97 Å². The minimum Gasteiger partial charge on any atom is -0.479 e. The van der Waals surface area contributed by atoms with Crippen molar-refractivity contribution < 1.29 is 18.7 Å². The highest BCUT2D eigenvalue weighted by atomic mass is 79.9. The van der Waals surface area contributed by atoms with Crippen LogP contribution in [-0.2, 0) is 4.79 Å². The largest absolute Gasteiger partial charge is 0.479 e. The molecule has 2 rings (SSSR count). The number of carboxylic acids is 1. The zero-order chi connectivity index (χ0) is 14.7. The number of hydrogen-bond acceptors (Lipinski definition) is 2. The summed E-state index contributed by atoms with van der Waals surface area (Å²) in [7, 11) is 0. The lowest BCUT2D eigenvalue weighted by atomic mass is 10.1. The third kappa shape index (κ3) is 3.33. The van der Waals surface area contributed by atoms with Crippen molar-refractivity contribution >= 4 is 27.6 Å². The Balaban J connectivity index is 2.32. The Hall–Kier alpha value is -1.95. The normalized spacial score (nSPS) is 11.9. The Morgan fingerprint density at radius 2 is 1.95 bits per heavy atom. The molecule has 0 fully saturated rings. The van der Waals surface area contributed by atoms with E-state index in [0.29, 0.717) is 5.69 Å². The second kappa shape index (κ2) is 6.00. The standard InChI is InChI=1S/C14H10BrF2NO2/c15-11-5-4-8(6-12(11)17)13(14(19)20)18-10-3-1-2-9(16)7-10/h1-7,13,18H,(H,19,20). The molecule has 0 spiro atoms. The topological polar surface area (TPSA) is 49.3 Å². The molecule has 2 aromatic rings. The molecule has 104 valence electrons. The van der Waals surface area contributed by atoms with Crippen LogP contribution in [0.4, 0.5) is 14.5 Å². The molecular weight excluding hydrogens is 332 g/mol. The molecule has 0 amide bonds. The summed E-state index contributed by atoms with van der Waals surface area (Å²) in [6.07, 6.45) is 0. The van der Waals surface area contributed by atoms with Gasteiger partial charge in [0.15, 0.2) is 6.04 Å². The number of hydrogen-bond donors (Lipinski definition) is 2. The van der Waals surface area contributed by atoms with E-state index in [0.717, 1.165) is 6.07 Å². The van der Waals surface area contributed by atoms with Gasteiger partial charge in [0.1, 0.15) is 11.6 Å². The summed E-state index contributed by atoms with van der Waals surface area (Å²) in [6.45, 7) is 0. The van der Waals surface area contributed by atoms with Crippen LogP contribution in [0.3, 0.4) is 0 Å². The van der Waals surface area contributed by atoms with Gasteiger partial charge in [0, 0.05) is 5.69 Å². The molecule has 0 heterocycles. The average Bonchev–Trinajstić information content (AvgIpc) is 2.39. The first-order chi connectivity index (χ1) is 9.47. The molecule has 0 radical (unpaired) electrons. The van der Waals surface area contributed by atoms with Crippen LogP contribution in [0.1, 0.15) is 11.6 Å². The summed E-state index contributed by atoms with van der Waals surface area (Å²) in [6, 6.07) is 8.28. The van der Waals surface area contributed by atoms with Gasteiger partial charge in [0.05, 0.1) is 4.47 Å². The Kier molecular flexibility index (Phi) is 4.34. The third-order valence-electron chi connectivity index (χ3n) is 2.66. The van der Waals surface area contributed by atoms with Crippen molar-refractivity contribution in [3.8, 4) is 0 Å². The van der Waals surface area contributed by atoms with Crippen LogP contribution >= 0.6 is 15.9 Å². The predicted octanol–water partition coefficient (Wildman–Crippen LogP) is 3.97. The SMILES string of the molecule is O=C(O)C(Nc1cccc(F)c1)c1ccc(Br)c(F)c1. The van der Waals surface area contributed by atoms with E-state index in [4.69, 9.17) is 0 Å². The fourth-order valence-corrected chi connectivity index (χ4v) is 1.97. The molecule has 2 aromatic carbocycles. The number of anilines is 1. The van der Waals surface area contributed by atoms with Crippen molar-refractivity contribution in [2.45, 2.75) is 6.04 Å². The molecule has 2 N–H and O–H groups in total. The highest BCUT2D eigenvalue weighted by Crippen LogP contribution is 2.24. The fraction of sp³-hybridized carbons (Fsp3) is 0.0714. The Morgan fingerprint density at radius 1 is 1.20 bits per heavy atom. The molecule has 0 bridgehead atoms. The van der Waals surface area contributed by atoms with Crippen LogP contribution in [0.15, 0.2) is 46.9 Å². The summed E-state index contributed by atoms with van der Waals surface area (Å²) in [4.78, 5) is 11.3. The molecule has 3 nitrogen and oxygen atoms in total. The van der Waals surface area contributed by atoms with E-state index in [1.54, 1.807) is 0 Å². The number of carboxylic acid groups (broad SMARTS) is 1. The summed E-state index contributed by atoms with van der Waals surface area (Å²) in [5.41, 5.74) is 0.545. The molecule has 0 aliphatic heterocycles. The Labute approximate surface area is 122 Å². The molecule has 0 saturated carbocycles. The summed E-state index contributed by atoms with van der Waals surface area (Å²) < 4.78 is 26.8. The van der Waals surface area contributed by atoms with E-state index in [2.05, 4.69) is 21.2 Å². The number of halogens is 3. The predicted molar refractivity (Wildman–Crippen MR) is 74.5 cm³/mol. The minimum absolute atomic E-state index is 0.238. The average molecular weight is 342 g/mol. The lowest BCUT2D eigenvalue weighted by molar-refractivity contribution is -0.138. The fourth-order valence-electron chi connectivity index (χ4n) is 1.72. The van der Waals surface area contributed by atoms with E-state index in [1.165, 1.54) is 36.4 Å². The highest BCUT2D eigenvalue weighted by molar-refractivity contribution is 9.10. The Bertz CT molecular complexity index is 649. The maximum Gasteiger partial charge on any atom is 0.330 e. The zero-order valence-corrected chi connectivity index (χ0v) is 11.7. The van der Waals surface area contributed by atoms with Crippen molar-refractivity contribution in [2.75, 3.05) is 5.32 Å². The lowest BCUT2D eigenvalue weighted by Gasteiger charge is -2.16. The molecule has 0 aliphatic carbocycles. The number of aliphatic carboxylic acids is 1. The second-order valence-electron chi connectivity index (χ2n) is 4.10. The molecule has 0 aliphatic rings. The van der Waals surface area contributed by atoms with Crippen molar-refractivity contribution in [1.29, 1.82) is 0 Å².